The SMILES string of the molecule is CCc1nc2c3cnncc3c3cc(-c4cc5ccc(-c6cnc(C(C)C)[nH]6)cc5s4)ccc3c2[nH]1. The quantitative estimate of drug-likeness (QED) is 0.250. The van der Waals surface area contributed by atoms with Gasteiger partial charge in [-0.3, -0.25) is 0 Å². The van der Waals surface area contributed by atoms with Crippen molar-refractivity contribution in [2.45, 2.75) is 33.1 Å². The summed E-state index contributed by atoms with van der Waals surface area (Å²) in [4.78, 5) is 17.6. The average Bonchev–Trinajstić information content (AvgIpc) is 3.66. The number of benzene rings is 3. The lowest BCUT2D eigenvalue weighted by Gasteiger charge is -2.07. The van der Waals surface area contributed by atoms with E-state index >= 15 is 0 Å². The third-order valence-corrected chi connectivity index (χ3v) is 8.06. The number of aryl methyl sites for hydroxylation is 1. The number of fused-ring (bicyclic) bond motifs is 7. The molecule has 0 amide bonds. The van der Waals surface area contributed by atoms with Crippen LogP contribution in [0, 0.1) is 0 Å². The van der Waals surface area contributed by atoms with E-state index in [1.54, 1.807) is 0 Å². The Balaban J connectivity index is 1.38. The molecule has 7 rings (SSSR count). The fourth-order valence-electron chi connectivity index (χ4n) is 4.96. The molecule has 4 heterocycles. The van der Waals surface area contributed by atoms with Gasteiger partial charge in [0.05, 0.1) is 35.3 Å². The summed E-state index contributed by atoms with van der Waals surface area (Å²) in [5, 5.41) is 14.0. The molecule has 7 heteroatoms. The Morgan fingerprint density at radius 1 is 0.833 bits per heavy atom. The molecule has 0 atom stereocenters. The van der Waals surface area contributed by atoms with Gasteiger partial charge in [-0.2, -0.15) is 10.2 Å². The molecule has 3 aromatic carbocycles. The Kier molecular flexibility index (Phi) is 4.69. The number of hydrogen-bond donors (Lipinski definition) is 2. The molecule has 0 aliphatic carbocycles. The van der Waals surface area contributed by atoms with E-state index in [0.29, 0.717) is 5.92 Å². The number of nitrogens with zero attached hydrogens (tertiary/aromatic N) is 4. The van der Waals surface area contributed by atoms with Crippen molar-refractivity contribution in [2.24, 2.45) is 0 Å². The first-order valence-corrected chi connectivity index (χ1v) is 13.0. The Hall–Kier alpha value is -4.10. The lowest BCUT2D eigenvalue weighted by Crippen LogP contribution is -1.89. The molecule has 0 aliphatic heterocycles. The predicted octanol–water partition coefficient (Wildman–Crippen LogP) is 7.62. The predicted molar refractivity (Wildman–Crippen MR) is 149 cm³/mol. The lowest BCUT2D eigenvalue weighted by atomic mass is 9.99. The van der Waals surface area contributed by atoms with Gasteiger partial charge < -0.3 is 9.97 Å². The van der Waals surface area contributed by atoms with Crippen LogP contribution in [0.1, 0.15) is 38.3 Å². The van der Waals surface area contributed by atoms with E-state index in [9.17, 15) is 0 Å². The third-order valence-electron chi connectivity index (χ3n) is 6.91. The number of aromatic nitrogens is 6. The summed E-state index contributed by atoms with van der Waals surface area (Å²) in [6.07, 6.45) is 6.47. The lowest BCUT2D eigenvalue weighted by molar-refractivity contribution is 0.795. The largest absolute Gasteiger partial charge is 0.342 e. The Bertz CT molecular complexity index is 1920. The van der Waals surface area contributed by atoms with Crippen LogP contribution in [0.4, 0.5) is 0 Å². The highest BCUT2D eigenvalue weighted by Gasteiger charge is 2.15. The Labute approximate surface area is 211 Å². The van der Waals surface area contributed by atoms with E-state index in [1.165, 1.54) is 20.5 Å². The highest BCUT2D eigenvalue weighted by molar-refractivity contribution is 7.22. The first-order valence-electron chi connectivity index (χ1n) is 12.2. The number of hydrogen-bond acceptors (Lipinski definition) is 5. The van der Waals surface area contributed by atoms with Crippen molar-refractivity contribution in [1.29, 1.82) is 0 Å². The van der Waals surface area contributed by atoms with E-state index in [4.69, 9.17) is 4.98 Å². The molecule has 0 spiro atoms. The van der Waals surface area contributed by atoms with Gasteiger partial charge in [-0.25, -0.2) is 9.97 Å². The van der Waals surface area contributed by atoms with E-state index in [-0.39, 0.29) is 0 Å². The van der Waals surface area contributed by atoms with Gasteiger partial charge in [0.2, 0.25) is 0 Å². The Morgan fingerprint density at radius 3 is 2.47 bits per heavy atom. The number of nitrogens with one attached hydrogen (secondary N) is 2. The molecule has 4 aromatic heterocycles. The van der Waals surface area contributed by atoms with Crippen LogP contribution in [0.2, 0.25) is 0 Å². The van der Waals surface area contributed by atoms with Gasteiger partial charge in [0, 0.05) is 43.6 Å². The molecule has 6 nitrogen and oxygen atoms in total. The van der Waals surface area contributed by atoms with Crippen molar-refractivity contribution in [3.63, 3.8) is 0 Å². The van der Waals surface area contributed by atoms with Gasteiger partial charge >= 0.3 is 0 Å². The molecule has 176 valence electrons. The van der Waals surface area contributed by atoms with Gasteiger partial charge in [0.1, 0.15) is 11.6 Å². The van der Waals surface area contributed by atoms with E-state index < -0.39 is 0 Å². The number of thiophene rings is 1. The zero-order chi connectivity index (χ0) is 24.4. The zero-order valence-corrected chi connectivity index (χ0v) is 21.1. The Morgan fingerprint density at radius 2 is 1.67 bits per heavy atom. The summed E-state index contributed by atoms with van der Waals surface area (Å²) in [6, 6.07) is 15.6. The average molecular weight is 489 g/mol. The van der Waals surface area contributed by atoms with Crippen LogP contribution in [-0.2, 0) is 6.42 Å². The highest BCUT2D eigenvalue weighted by Crippen LogP contribution is 2.39. The van der Waals surface area contributed by atoms with E-state index in [0.717, 1.165) is 61.9 Å². The molecule has 0 fully saturated rings. The van der Waals surface area contributed by atoms with Crippen LogP contribution in [0.25, 0.3) is 64.4 Å². The van der Waals surface area contributed by atoms with Crippen molar-refractivity contribution >= 4 is 54.0 Å². The van der Waals surface area contributed by atoms with Crippen molar-refractivity contribution in [2.75, 3.05) is 0 Å². The summed E-state index contributed by atoms with van der Waals surface area (Å²) < 4.78 is 1.26. The molecule has 0 bridgehead atoms. The van der Waals surface area contributed by atoms with Crippen molar-refractivity contribution in [3.05, 3.63) is 72.7 Å². The van der Waals surface area contributed by atoms with Crippen molar-refractivity contribution < 1.29 is 0 Å². The molecule has 0 radical (unpaired) electrons. The van der Waals surface area contributed by atoms with Gasteiger partial charge in [0.25, 0.3) is 0 Å². The number of imidazole rings is 2. The number of H-pyrrole nitrogens is 2. The van der Waals surface area contributed by atoms with Crippen LogP contribution in [0.5, 0.6) is 0 Å². The molecule has 2 N–H and O–H groups in total. The third kappa shape index (κ3) is 3.23. The second kappa shape index (κ2) is 7.96. The van der Waals surface area contributed by atoms with Crippen LogP contribution in [0.3, 0.4) is 0 Å². The van der Waals surface area contributed by atoms with E-state index in [2.05, 4.69) is 88.4 Å². The second-order valence-electron chi connectivity index (χ2n) is 9.54. The number of aromatic amines is 2. The van der Waals surface area contributed by atoms with Crippen LogP contribution in [0.15, 0.2) is 61.1 Å². The van der Waals surface area contributed by atoms with Gasteiger partial charge in [-0.15, -0.1) is 11.3 Å². The van der Waals surface area contributed by atoms with Crippen LogP contribution < -0.4 is 0 Å². The summed E-state index contributed by atoms with van der Waals surface area (Å²) in [7, 11) is 0. The molecule has 7 aromatic rings. The molecule has 0 aliphatic rings. The molecular formula is C29H24N6S. The summed E-state index contributed by atoms with van der Waals surface area (Å²) in [5.74, 6) is 2.38. The minimum absolute atomic E-state index is 0.377. The summed E-state index contributed by atoms with van der Waals surface area (Å²) >= 11 is 1.82. The molecule has 0 unspecified atom stereocenters. The topological polar surface area (TPSA) is 83.1 Å². The monoisotopic (exact) mass is 488 g/mol. The fourth-order valence-corrected chi connectivity index (χ4v) is 6.06. The van der Waals surface area contributed by atoms with Gasteiger partial charge in [-0.1, -0.05) is 45.0 Å². The standard InChI is InChI=1S/C29H24N6S/c1-4-26-34-27-19-8-7-17(9-20(19)21-12-31-32-13-22(21)28(27)35-26)25-11-18-6-5-16(10-24(18)36-25)23-14-30-29(33-23)15(2)3/h5-15H,4H2,1-3H3,(H,30,33)(H,34,35). The smallest absolute Gasteiger partial charge is 0.109 e. The first-order chi connectivity index (χ1) is 17.6. The minimum Gasteiger partial charge on any atom is -0.342 e. The maximum absolute atomic E-state index is 4.83. The zero-order valence-electron chi connectivity index (χ0n) is 20.3. The van der Waals surface area contributed by atoms with Gasteiger partial charge in [-0.05, 0) is 34.5 Å². The molecule has 36 heavy (non-hydrogen) atoms. The highest BCUT2D eigenvalue weighted by atomic mass is 32.1. The molecule has 0 saturated carbocycles. The van der Waals surface area contributed by atoms with E-state index in [1.807, 2.05) is 29.9 Å². The van der Waals surface area contributed by atoms with Crippen molar-refractivity contribution in [1.82, 2.24) is 30.1 Å². The van der Waals surface area contributed by atoms with Crippen LogP contribution in [-0.4, -0.2) is 30.1 Å². The first kappa shape index (κ1) is 21.2. The normalized spacial score (nSPS) is 12.1. The fraction of sp³-hybridized carbons (Fsp3) is 0.172. The maximum atomic E-state index is 4.83. The number of rotatable bonds is 4. The van der Waals surface area contributed by atoms with Crippen molar-refractivity contribution in [3.8, 4) is 21.7 Å². The molecular weight excluding hydrogens is 464 g/mol. The second-order valence-corrected chi connectivity index (χ2v) is 10.6. The summed E-state index contributed by atoms with van der Waals surface area (Å²) in [6.45, 7) is 6.41. The van der Waals surface area contributed by atoms with Crippen LogP contribution >= 0.6 is 11.3 Å². The summed E-state index contributed by atoms with van der Waals surface area (Å²) in [5.41, 5.74) is 5.44. The maximum Gasteiger partial charge on any atom is 0.109 e. The minimum atomic E-state index is 0.377. The van der Waals surface area contributed by atoms with Gasteiger partial charge in [0.15, 0.2) is 0 Å². The molecule has 0 saturated heterocycles.